The number of likely N-dealkylation sites (tertiary alicyclic amines) is 1. The number of carbonyl (C=O) groups excluding carboxylic acids is 1. The Morgan fingerprint density at radius 3 is 2.30 bits per heavy atom. The molecule has 1 N–H and O–H groups in total. The molecule has 1 heterocycles. The maximum atomic E-state index is 12.5. The van der Waals surface area contributed by atoms with E-state index in [0.29, 0.717) is 18.7 Å². The number of hydrogen-bond acceptors (Lipinski definition) is 4. The minimum atomic E-state index is -3.41. The van der Waals surface area contributed by atoms with Crippen molar-refractivity contribution in [3.8, 4) is 0 Å². The van der Waals surface area contributed by atoms with Crippen LogP contribution in [0.5, 0.6) is 0 Å². The number of anilines is 1. The zero-order valence-corrected chi connectivity index (χ0v) is 20.7. The number of rotatable bonds is 11. The number of amides is 1. The third kappa shape index (κ3) is 7.86. The van der Waals surface area contributed by atoms with E-state index in [-0.39, 0.29) is 18.9 Å². The molecule has 3 rings (SSSR count). The van der Waals surface area contributed by atoms with E-state index in [4.69, 9.17) is 0 Å². The molecule has 180 valence electrons. The summed E-state index contributed by atoms with van der Waals surface area (Å²) in [5.74, 6) is -0.0578. The zero-order chi connectivity index (χ0) is 23.7. The predicted molar refractivity (Wildman–Crippen MR) is 135 cm³/mol. The van der Waals surface area contributed by atoms with Crippen LogP contribution in [-0.4, -0.2) is 45.1 Å². The van der Waals surface area contributed by atoms with Gasteiger partial charge in [-0.05, 0) is 67.6 Å². The van der Waals surface area contributed by atoms with Crippen LogP contribution in [-0.2, 0) is 34.3 Å². The first-order chi connectivity index (χ1) is 15.9. The van der Waals surface area contributed by atoms with Crippen LogP contribution in [0.25, 0.3) is 0 Å². The van der Waals surface area contributed by atoms with E-state index in [1.807, 2.05) is 30.3 Å². The topological polar surface area (TPSA) is 69.7 Å². The lowest BCUT2D eigenvalue weighted by atomic mass is 10.0. The number of carbonyl (C=O) groups is 1. The van der Waals surface area contributed by atoms with Gasteiger partial charge in [-0.1, -0.05) is 49.7 Å². The van der Waals surface area contributed by atoms with Gasteiger partial charge in [0.15, 0.2) is 0 Å². The van der Waals surface area contributed by atoms with Crippen LogP contribution in [0.4, 0.5) is 5.69 Å². The largest absolute Gasteiger partial charge is 0.352 e. The van der Waals surface area contributed by atoms with E-state index in [2.05, 4.69) is 35.3 Å². The molecule has 1 fully saturated rings. The van der Waals surface area contributed by atoms with Crippen molar-refractivity contribution >= 4 is 21.6 Å². The Morgan fingerprint density at radius 2 is 1.67 bits per heavy atom. The highest BCUT2D eigenvalue weighted by molar-refractivity contribution is 7.92. The molecule has 0 bridgehead atoms. The fourth-order valence-corrected chi connectivity index (χ4v) is 5.26. The van der Waals surface area contributed by atoms with Crippen LogP contribution in [0.2, 0.25) is 0 Å². The summed E-state index contributed by atoms with van der Waals surface area (Å²) in [5, 5.41) is 3.02. The minimum absolute atomic E-state index is 0.0578. The van der Waals surface area contributed by atoms with Gasteiger partial charge in [0.05, 0.1) is 11.9 Å². The predicted octanol–water partition coefficient (Wildman–Crippen LogP) is 4.10. The van der Waals surface area contributed by atoms with E-state index in [9.17, 15) is 13.2 Å². The lowest BCUT2D eigenvalue weighted by molar-refractivity contribution is -0.121. The lowest BCUT2D eigenvalue weighted by Gasteiger charge is -2.27. The lowest BCUT2D eigenvalue weighted by Crippen LogP contribution is -2.32. The molecule has 0 spiro atoms. The third-order valence-corrected chi connectivity index (χ3v) is 7.43. The number of sulfonamides is 1. The standard InChI is InChI=1S/C26H37N3O3S/c1-3-22-13-15-25(16-14-22)29(33(2,31)32)19-9-12-26(30)27-20-23-10-5-6-11-24(23)21-28-17-7-4-8-18-28/h5-6,10-11,13-16H,3-4,7-9,12,17-21H2,1-2H3,(H,27,30). The number of benzene rings is 2. The second-order valence-corrected chi connectivity index (χ2v) is 10.7. The van der Waals surface area contributed by atoms with Crippen LogP contribution < -0.4 is 9.62 Å². The fourth-order valence-electron chi connectivity index (χ4n) is 4.29. The molecule has 1 amide bonds. The quantitative estimate of drug-likeness (QED) is 0.536. The molecular weight excluding hydrogens is 434 g/mol. The highest BCUT2D eigenvalue weighted by atomic mass is 32.2. The Hall–Kier alpha value is -2.38. The summed E-state index contributed by atoms with van der Waals surface area (Å²) in [6.07, 6.45) is 6.69. The Kier molecular flexibility index (Phi) is 9.32. The molecule has 0 radical (unpaired) electrons. The zero-order valence-electron chi connectivity index (χ0n) is 19.9. The average Bonchev–Trinajstić information content (AvgIpc) is 2.81. The maximum absolute atomic E-state index is 12.5. The molecule has 0 aliphatic carbocycles. The first-order valence-electron chi connectivity index (χ1n) is 12.0. The monoisotopic (exact) mass is 471 g/mol. The number of piperidine rings is 1. The molecule has 2 aromatic carbocycles. The van der Waals surface area contributed by atoms with Gasteiger partial charge in [-0.2, -0.15) is 0 Å². The van der Waals surface area contributed by atoms with Crippen molar-refractivity contribution in [1.29, 1.82) is 0 Å². The van der Waals surface area contributed by atoms with E-state index >= 15 is 0 Å². The first-order valence-corrected chi connectivity index (χ1v) is 13.8. The smallest absolute Gasteiger partial charge is 0.232 e. The molecule has 0 unspecified atom stereocenters. The van der Waals surface area contributed by atoms with Crippen molar-refractivity contribution in [2.75, 3.05) is 30.2 Å². The number of nitrogens with one attached hydrogen (secondary N) is 1. The van der Waals surface area contributed by atoms with Crippen molar-refractivity contribution in [2.45, 2.75) is 58.5 Å². The Balaban J connectivity index is 1.50. The summed E-state index contributed by atoms with van der Waals surface area (Å²) >= 11 is 0. The number of nitrogens with zero attached hydrogens (tertiary/aromatic N) is 2. The number of aryl methyl sites for hydroxylation is 1. The van der Waals surface area contributed by atoms with Gasteiger partial charge in [0.25, 0.3) is 0 Å². The molecule has 0 atom stereocenters. The molecule has 0 saturated carbocycles. The normalized spacial score (nSPS) is 14.7. The highest BCUT2D eigenvalue weighted by Crippen LogP contribution is 2.20. The summed E-state index contributed by atoms with van der Waals surface area (Å²) in [6, 6.07) is 15.8. The summed E-state index contributed by atoms with van der Waals surface area (Å²) in [5.41, 5.74) is 4.21. The van der Waals surface area contributed by atoms with Crippen molar-refractivity contribution in [2.24, 2.45) is 0 Å². The van der Waals surface area contributed by atoms with E-state index in [0.717, 1.165) is 37.2 Å². The van der Waals surface area contributed by atoms with Gasteiger partial charge in [-0.15, -0.1) is 0 Å². The molecule has 2 aromatic rings. The third-order valence-electron chi connectivity index (χ3n) is 6.23. The molecule has 33 heavy (non-hydrogen) atoms. The van der Waals surface area contributed by atoms with Gasteiger partial charge < -0.3 is 5.32 Å². The van der Waals surface area contributed by atoms with Gasteiger partial charge in [0.1, 0.15) is 0 Å². The number of hydrogen-bond donors (Lipinski definition) is 1. The molecular formula is C26H37N3O3S. The van der Waals surface area contributed by atoms with Crippen molar-refractivity contribution < 1.29 is 13.2 Å². The van der Waals surface area contributed by atoms with E-state index in [1.54, 1.807) is 0 Å². The second-order valence-electron chi connectivity index (χ2n) is 8.84. The molecule has 0 aromatic heterocycles. The van der Waals surface area contributed by atoms with E-state index in [1.165, 1.54) is 35.4 Å². The Morgan fingerprint density at radius 1 is 1.00 bits per heavy atom. The van der Waals surface area contributed by atoms with Crippen molar-refractivity contribution in [3.63, 3.8) is 0 Å². The van der Waals surface area contributed by atoms with Crippen LogP contribution in [0, 0.1) is 0 Å². The Labute approximate surface area is 199 Å². The molecule has 1 aliphatic heterocycles. The fraction of sp³-hybridized carbons (Fsp3) is 0.500. The molecule has 7 heteroatoms. The van der Waals surface area contributed by atoms with Gasteiger partial charge >= 0.3 is 0 Å². The second kappa shape index (κ2) is 12.2. The van der Waals surface area contributed by atoms with Crippen molar-refractivity contribution in [3.05, 3.63) is 65.2 Å². The van der Waals surface area contributed by atoms with Gasteiger partial charge in [-0.3, -0.25) is 14.0 Å². The summed E-state index contributed by atoms with van der Waals surface area (Å²) in [4.78, 5) is 15.0. The first kappa shape index (κ1) is 25.2. The summed E-state index contributed by atoms with van der Waals surface area (Å²) in [7, 11) is -3.41. The highest BCUT2D eigenvalue weighted by Gasteiger charge is 2.18. The SMILES string of the molecule is CCc1ccc(N(CCCC(=O)NCc2ccccc2CN2CCCCC2)S(C)(=O)=O)cc1. The van der Waals surface area contributed by atoms with Crippen LogP contribution in [0.15, 0.2) is 48.5 Å². The van der Waals surface area contributed by atoms with E-state index < -0.39 is 10.0 Å². The molecule has 1 aliphatic rings. The molecule has 6 nitrogen and oxygen atoms in total. The van der Waals surface area contributed by atoms with Crippen molar-refractivity contribution in [1.82, 2.24) is 10.2 Å². The maximum Gasteiger partial charge on any atom is 0.232 e. The van der Waals surface area contributed by atoms with Crippen LogP contribution >= 0.6 is 0 Å². The average molecular weight is 472 g/mol. The Bertz CT molecular complexity index is 1000. The summed E-state index contributed by atoms with van der Waals surface area (Å²) < 4.78 is 26.0. The molecule has 1 saturated heterocycles. The van der Waals surface area contributed by atoms with Crippen LogP contribution in [0.1, 0.15) is 55.7 Å². The minimum Gasteiger partial charge on any atom is -0.352 e. The van der Waals surface area contributed by atoms with Crippen LogP contribution in [0.3, 0.4) is 0 Å². The van der Waals surface area contributed by atoms with Gasteiger partial charge in [0, 0.05) is 26.1 Å². The van der Waals surface area contributed by atoms with Gasteiger partial charge in [0.2, 0.25) is 15.9 Å². The van der Waals surface area contributed by atoms with Gasteiger partial charge in [-0.25, -0.2) is 8.42 Å². The summed E-state index contributed by atoms with van der Waals surface area (Å²) in [6.45, 7) is 6.04.